The van der Waals surface area contributed by atoms with Gasteiger partial charge in [-0.15, -0.1) is 0 Å². The Morgan fingerprint density at radius 3 is 2.85 bits per heavy atom. The maximum absolute atomic E-state index is 13.6. The van der Waals surface area contributed by atoms with Crippen LogP contribution in [0.3, 0.4) is 0 Å². The van der Waals surface area contributed by atoms with Crippen molar-refractivity contribution in [2.45, 2.75) is 45.7 Å². The zero-order valence-corrected chi connectivity index (χ0v) is 12.3. The van der Waals surface area contributed by atoms with Gasteiger partial charge >= 0.3 is 0 Å². The van der Waals surface area contributed by atoms with Crippen molar-refractivity contribution in [3.8, 4) is 0 Å². The van der Waals surface area contributed by atoms with Gasteiger partial charge in [-0.25, -0.2) is 9.38 Å². The van der Waals surface area contributed by atoms with E-state index in [1.165, 1.54) is 25.3 Å². The zero-order chi connectivity index (χ0) is 14.4. The molecule has 2 rings (SSSR count). The largest absolute Gasteiger partial charge is 0.357 e. The summed E-state index contributed by atoms with van der Waals surface area (Å²) in [6, 6.07) is 7.33. The molecule has 4 heteroatoms. The number of benzene rings is 1. The molecule has 0 spiro atoms. The molecule has 1 aliphatic carbocycles. The van der Waals surface area contributed by atoms with Crippen LogP contribution in [0, 0.1) is 11.7 Å². The fraction of sp³-hybridized carbons (Fsp3) is 0.562. The lowest BCUT2D eigenvalue weighted by Crippen LogP contribution is -2.39. The average Bonchev–Trinajstić information content (AvgIpc) is 3.16. The summed E-state index contributed by atoms with van der Waals surface area (Å²) in [7, 11) is 0. The lowest BCUT2D eigenvalue weighted by molar-refractivity contribution is 0.609. The maximum Gasteiger partial charge on any atom is 0.191 e. The van der Waals surface area contributed by atoms with Crippen LogP contribution in [0.2, 0.25) is 0 Å². The molecule has 0 bridgehead atoms. The molecule has 2 N–H and O–H groups in total. The maximum atomic E-state index is 13.6. The Morgan fingerprint density at radius 2 is 2.15 bits per heavy atom. The Kier molecular flexibility index (Phi) is 5.39. The van der Waals surface area contributed by atoms with Crippen molar-refractivity contribution in [2.75, 3.05) is 6.54 Å². The topological polar surface area (TPSA) is 36.4 Å². The van der Waals surface area contributed by atoms with Crippen LogP contribution < -0.4 is 10.6 Å². The van der Waals surface area contributed by atoms with Gasteiger partial charge in [-0.2, -0.15) is 0 Å². The van der Waals surface area contributed by atoms with E-state index >= 15 is 0 Å². The SMILES string of the molecule is CCCC1CC1NC(=NCc1ccccc1F)NCC. The van der Waals surface area contributed by atoms with E-state index in [0.29, 0.717) is 18.2 Å². The van der Waals surface area contributed by atoms with E-state index in [1.807, 2.05) is 13.0 Å². The van der Waals surface area contributed by atoms with Crippen molar-refractivity contribution in [3.05, 3.63) is 35.6 Å². The fourth-order valence-electron chi connectivity index (χ4n) is 2.40. The standard InChI is InChI=1S/C16H24FN3/c1-3-7-12-10-15(12)20-16(18-4-2)19-11-13-8-5-6-9-14(13)17/h5-6,8-9,12,15H,3-4,7,10-11H2,1-2H3,(H2,18,19,20). The first-order valence-corrected chi connectivity index (χ1v) is 7.52. The van der Waals surface area contributed by atoms with Gasteiger partial charge in [0.05, 0.1) is 6.54 Å². The predicted octanol–water partition coefficient (Wildman–Crippen LogP) is 3.07. The van der Waals surface area contributed by atoms with E-state index < -0.39 is 0 Å². The first-order valence-electron chi connectivity index (χ1n) is 7.52. The Labute approximate surface area is 120 Å². The third-order valence-corrected chi connectivity index (χ3v) is 3.61. The minimum absolute atomic E-state index is 0.192. The van der Waals surface area contributed by atoms with E-state index in [1.54, 1.807) is 12.1 Å². The molecular formula is C16H24FN3. The second-order valence-corrected chi connectivity index (χ2v) is 5.32. The van der Waals surface area contributed by atoms with Crippen molar-refractivity contribution in [2.24, 2.45) is 10.9 Å². The number of nitrogens with zero attached hydrogens (tertiary/aromatic N) is 1. The molecule has 0 amide bonds. The van der Waals surface area contributed by atoms with Crippen molar-refractivity contribution < 1.29 is 4.39 Å². The summed E-state index contributed by atoms with van der Waals surface area (Å²) < 4.78 is 13.6. The predicted molar refractivity (Wildman–Crippen MR) is 81.2 cm³/mol. The fourth-order valence-corrected chi connectivity index (χ4v) is 2.40. The van der Waals surface area contributed by atoms with E-state index in [2.05, 4.69) is 22.5 Å². The van der Waals surface area contributed by atoms with Gasteiger partial charge in [-0.3, -0.25) is 0 Å². The highest BCUT2D eigenvalue weighted by molar-refractivity contribution is 5.80. The third kappa shape index (κ3) is 4.22. The van der Waals surface area contributed by atoms with Crippen LogP contribution in [0.4, 0.5) is 4.39 Å². The van der Waals surface area contributed by atoms with Crippen molar-refractivity contribution in [3.63, 3.8) is 0 Å². The normalized spacial score (nSPS) is 21.6. The molecule has 1 fully saturated rings. The molecule has 0 heterocycles. The average molecular weight is 277 g/mol. The smallest absolute Gasteiger partial charge is 0.191 e. The van der Waals surface area contributed by atoms with E-state index in [4.69, 9.17) is 0 Å². The molecule has 20 heavy (non-hydrogen) atoms. The second kappa shape index (κ2) is 7.27. The summed E-state index contributed by atoms with van der Waals surface area (Å²) in [6.45, 7) is 5.44. The molecule has 1 aromatic rings. The molecule has 2 unspecified atom stereocenters. The number of halogens is 1. The lowest BCUT2D eigenvalue weighted by Gasteiger charge is -2.11. The number of hydrogen-bond donors (Lipinski definition) is 2. The molecule has 0 aromatic heterocycles. The summed E-state index contributed by atoms with van der Waals surface area (Å²) in [6.07, 6.45) is 3.72. The zero-order valence-electron chi connectivity index (χ0n) is 12.3. The summed E-state index contributed by atoms with van der Waals surface area (Å²) in [4.78, 5) is 4.47. The van der Waals surface area contributed by atoms with Gasteiger partial charge in [0.2, 0.25) is 0 Å². The van der Waals surface area contributed by atoms with E-state index in [-0.39, 0.29) is 5.82 Å². The molecule has 0 radical (unpaired) electrons. The quantitative estimate of drug-likeness (QED) is 0.619. The van der Waals surface area contributed by atoms with Crippen molar-refractivity contribution >= 4 is 5.96 Å². The van der Waals surface area contributed by atoms with Crippen LogP contribution in [-0.2, 0) is 6.54 Å². The van der Waals surface area contributed by atoms with Crippen LogP contribution in [-0.4, -0.2) is 18.5 Å². The Morgan fingerprint density at radius 1 is 1.35 bits per heavy atom. The van der Waals surface area contributed by atoms with Crippen LogP contribution in [0.5, 0.6) is 0 Å². The summed E-state index contributed by atoms with van der Waals surface area (Å²) >= 11 is 0. The van der Waals surface area contributed by atoms with Gasteiger partial charge in [0, 0.05) is 18.2 Å². The summed E-state index contributed by atoms with van der Waals surface area (Å²) in [5, 5.41) is 6.66. The number of rotatable bonds is 6. The molecule has 1 saturated carbocycles. The van der Waals surface area contributed by atoms with Gasteiger partial charge < -0.3 is 10.6 Å². The Bertz CT molecular complexity index is 459. The molecule has 1 aromatic carbocycles. The van der Waals surface area contributed by atoms with E-state index in [0.717, 1.165) is 18.4 Å². The highest BCUT2D eigenvalue weighted by atomic mass is 19.1. The highest BCUT2D eigenvalue weighted by Gasteiger charge is 2.36. The Hall–Kier alpha value is -1.58. The van der Waals surface area contributed by atoms with Crippen molar-refractivity contribution in [1.82, 2.24) is 10.6 Å². The number of guanidine groups is 1. The third-order valence-electron chi connectivity index (χ3n) is 3.61. The van der Waals surface area contributed by atoms with E-state index in [9.17, 15) is 4.39 Å². The first kappa shape index (κ1) is 14.8. The molecule has 0 aliphatic heterocycles. The molecular weight excluding hydrogens is 253 g/mol. The lowest BCUT2D eigenvalue weighted by atomic mass is 10.2. The molecule has 3 nitrogen and oxygen atoms in total. The number of aliphatic imine (C=N–C) groups is 1. The Balaban J connectivity index is 1.91. The molecule has 1 aliphatic rings. The first-order chi connectivity index (χ1) is 9.74. The molecule has 0 saturated heterocycles. The van der Waals surface area contributed by atoms with Gasteiger partial charge in [0.1, 0.15) is 5.82 Å². The monoisotopic (exact) mass is 277 g/mol. The number of hydrogen-bond acceptors (Lipinski definition) is 1. The summed E-state index contributed by atoms with van der Waals surface area (Å²) in [5.41, 5.74) is 0.630. The van der Waals surface area contributed by atoms with Crippen molar-refractivity contribution in [1.29, 1.82) is 0 Å². The van der Waals surface area contributed by atoms with Gasteiger partial charge in [-0.05, 0) is 31.7 Å². The highest BCUT2D eigenvalue weighted by Crippen LogP contribution is 2.34. The minimum Gasteiger partial charge on any atom is -0.357 e. The van der Waals surface area contributed by atoms with Crippen LogP contribution >= 0.6 is 0 Å². The van der Waals surface area contributed by atoms with Crippen LogP contribution in [0.15, 0.2) is 29.3 Å². The van der Waals surface area contributed by atoms with Crippen LogP contribution in [0.1, 0.15) is 38.7 Å². The molecule has 110 valence electrons. The number of nitrogens with one attached hydrogen (secondary N) is 2. The minimum atomic E-state index is -0.192. The van der Waals surface area contributed by atoms with Gasteiger partial charge in [-0.1, -0.05) is 31.5 Å². The summed E-state index contributed by atoms with van der Waals surface area (Å²) in [5.74, 6) is 1.37. The van der Waals surface area contributed by atoms with Gasteiger partial charge in [0.15, 0.2) is 5.96 Å². The second-order valence-electron chi connectivity index (χ2n) is 5.32. The molecule has 2 atom stereocenters. The van der Waals surface area contributed by atoms with Crippen LogP contribution in [0.25, 0.3) is 0 Å². The van der Waals surface area contributed by atoms with Gasteiger partial charge in [0.25, 0.3) is 0 Å².